The van der Waals surface area contributed by atoms with Gasteiger partial charge in [0.05, 0.1) is 0 Å². The topological polar surface area (TPSA) is 38.0 Å². The molecule has 0 amide bonds. The fraction of sp³-hybridized carbons (Fsp3) is 1.00. The summed E-state index contributed by atoms with van der Waals surface area (Å²) in [4.78, 5) is 0. The molecule has 3 N–H and O–H groups in total. The molecule has 1 heterocycles. The first-order valence-corrected chi connectivity index (χ1v) is 6.23. The molecule has 0 radical (unpaired) electrons. The summed E-state index contributed by atoms with van der Waals surface area (Å²) in [7, 11) is 0. The minimum atomic E-state index is 0.0386. The zero-order chi connectivity index (χ0) is 10.0. The molecule has 0 aromatic heterocycles. The van der Waals surface area contributed by atoms with Crippen molar-refractivity contribution in [3.8, 4) is 0 Å². The molecule has 1 aliphatic heterocycles. The van der Waals surface area contributed by atoms with Crippen LogP contribution >= 0.6 is 0 Å². The van der Waals surface area contributed by atoms with E-state index in [-0.39, 0.29) is 5.54 Å². The van der Waals surface area contributed by atoms with Crippen LogP contribution in [0.3, 0.4) is 0 Å². The minimum absolute atomic E-state index is 0.0386. The molecule has 2 unspecified atom stereocenters. The van der Waals surface area contributed by atoms with Crippen molar-refractivity contribution in [1.29, 1.82) is 0 Å². The molecule has 2 fully saturated rings. The van der Waals surface area contributed by atoms with E-state index < -0.39 is 0 Å². The third-order valence-electron chi connectivity index (χ3n) is 4.30. The van der Waals surface area contributed by atoms with Crippen LogP contribution in [0.2, 0.25) is 0 Å². The molecule has 2 heteroatoms. The normalized spacial score (nSPS) is 34.3. The summed E-state index contributed by atoms with van der Waals surface area (Å²) in [5.74, 6) is 0.756. The molecule has 2 aliphatic rings. The second-order valence-electron chi connectivity index (χ2n) is 5.35. The lowest BCUT2D eigenvalue weighted by Gasteiger charge is -2.41. The van der Waals surface area contributed by atoms with Crippen LogP contribution in [0.15, 0.2) is 0 Å². The average Bonchev–Trinajstić information content (AvgIpc) is 2.72. The SMILES string of the molecule is CC(N)(C1CCCCC1)C1CCCN1. The number of rotatable bonds is 2. The van der Waals surface area contributed by atoms with Crippen molar-refractivity contribution in [2.24, 2.45) is 11.7 Å². The molecular weight excluding hydrogens is 172 g/mol. The Kier molecular flexibility index (Phi) is 3.13. The van der Waals surface area contributed by atoms with Gasteiger partial charge in [-0.05, 0) is 45.1 Å². The van der Waals surface area contributed by atoms with Crippen molar-refractivity contribution in [3.63, 3.8) is 0 Å². The van der Waals surface area contributed by atoms with Crippen LogP contribution in [0.25, 0.3) is 0 Å². The third kappa shape index (κ3) is 1.96. The first-order valence-electron chi connectivity index (χ1n) is 6.23. The van der Waals surface area contributed by atoms with Crippen molar-refractivity contribution in [3.05, 3.63) is 0 Å². The maximum absolute atomic E-state index is 6.53. The van der Waals surface area contributed by atoms with Crippen molar-refractivity contribution >= 4 is 0 Å². The summed E-state index contributed by atoms with van der Waals surface area (Å²) < 4.78 is 0. The minimum Gasteiger partial charge on any atom is -0.324 e. The van der Waals surface area contributed by atoms with E-state index >= 15 is 0 Å². The second kappa shape index (κ2) is 4.19. The molecular formula is C12H24N2. The predicted molar refractivity (Wildman–Crippen MR) is 60.2 cm³/mol. The number of hydrogen-bond acceptors (Lipinski definition) is 2. The van der Waals surface area contributed by atoms with Gasteiger partial charge in [-0.1, -0.05) is 19.3 Å². The van der Waals surface area contributed by atoms with Gasteiger partial charge in [0.25, 0.3) is 0 Å². The Balaban J connectivity index is 1.97. The Bertz CT molecular complexity index is 177. The molecule has 1 aliphatic carbocycles. The molecule has 1 saturated heterocycles. The maximum Gasteiger partial charge on any atom is 0.0309 e. The number of hydrogen-bond donors (Lipinski definition) is 2. The fourth-order valence-electron chi connectivity index (χ4n) is 3.22. The van der Waals surface area contributed by atoms with E-state index in [0.29, 0.717) is 6.04 Å². The average molecular weight is 196 g/mol. The zero-order valence-corrected chi connectivity index (χ0v) is 9.39. The Morgan fingerprint density at radius 3 is 2.36 bits per heavy atom. The third-order valence-corrected chi connectivity index (χ3v) is 4.30. The quantitative estimate of drug-likeness (QED) is 0.709. The molecule has 2 rings (SSSR count). The van der Waals surface area contributed by atoms with Crippen LogP contribution in [-0.2, 0) is 0 Å². The summed E-state index contributed by atoms with van der Waals surface area (Å²) in [6, 6.07) is 0.575. The molecule has 2 nitrogen and oxygen atoms in total. The van der Waals surface area contributed by atoms with E-state index in [9.17, 15) is 0 Å². The fourth-order valence-corrected chi connectivity index (χ4v) is 3.22. The molecule has 82 valence electrons. The Morgan fingerprint density at radius 1 is 1.07 bits per heavy atom. The van der Waals surface area contributed by atoms with E-state index in [1.165, 1.54) is 51.5 Å². The van der Waals surface area contributed by atoms with Crippen LogP contribution in [0.1, 0.15) is 51.9 Å². The molecule has 1 saturated carbocycles. The van der Waals surface area contributed by atoms with Gasteiger partial charge in [-0.2, -0.15) is 0 Å². The van der Waals surface area contributed by atoms with Gasteiger partial charge in [-0.3, -0.25) is 0 Å². The largest absolute Gasteiger partial charge is 0.324 e. The van der Waals surface area contributed by atoms with Crippen molar-refractivity contribution in [2.45, 2.75) is 63.5 Å². The van der Waals surface area contributed by atoms with Crippen LogP contribution in [0.5, 0.6) is 0 Å². The van der Waals surface area contributed by atoms with Gasteiger partial charge < -0.3 is 11.1 Å². The van der Waals surface area contributed by atoms with Crippen LogP contribution < -0.4 is 11.1 Å². The summed E-state index contributed by atoms with van der Waals surface area (Å²) in [6.45, 7) is 3.44. The number of nitrogens with two attached hydrogens (primary N) is 1. The molecule has 0 aromatic carbocycles. The highest BCUT2D eigenvalue weighted by Crippen LogP contribution is 2.35. The highest BCUT2D eigenvalue weighted by Gasteiger charge is 2.39. The summed E-state index contributed by atoms with van der Waals surface area (Å²) >= 11 is 0. The van der Waals surface area contributed by atoms with E-state index in [1.54, 1.807) is 0 Å². The molecule has 0 bridgehead atoms. The molecule has 14 heavy (non-hydrogen) atoms. The lowest BCUT2D eigenvalue weighted by molar-refractivity contribution is 0.180. The molecule has 0 aromatic rings. The lowest BCUT2D eigenvalue weighted by Crippen LogP contribution is -2.57. The Morgan fingerprint density at radius 2 is 1.79 bits per heavy atom. The lowest BCUT2D eigenvalue weighted by atomic mass is 9.72. The van der Waals surface area contributed by atoms with Crippen LogP contribution in [0, 0.1) is 5.92 Å². The molecule has 0 spiro atoms. The van der Waals surface area contributed by atoms with Crippen molar-refractivity contribution in [1.82, 2.24) is 5.32 Å². The van der Waals surface area contributed by atoms with Crippen LogP contribution in [0.4, 0.5) is 0 Å². The predicted octanol–water partition coefficient (Wildman–Crippen LogP) is 2.04. The summed E-state index contributed by atoms with van der Waals surface area (Å²) in [6.07, 6.45) is 9.50. The van der Waals surface area contributed by atoms with Crippen molar-refractivity contribution < 1.29 is 0 Å². The monoisotopic (exact) mass is 196 g/mol. The van der Waals surface area contributed by atoms with Gasteiger partial charge in [0, 0.05) is 11.6 Å². The van der Waals surface area contributed by atoms with Gasteiger partial charge >= 0.3 is 0 Å². The maximum atomic E-state index is 6.53. The highest BCUT2D eigenvalue weighted by molar-refractivity contribution is 5.00. The zero-order valence-electron chi connectivity index (χ0n) is 9.39. The highest BCUT2D eigenvalue weighted by atomic mass is 15.0. The van der Waals surface area contributed by atoms with E-state index in [4.69, 9.17) is 5.73 Å². The summed E-state index contributed by atoms with van der Waals surface area (Å²) in [5, 5.41) is 3.57. The Labute approximate surface area is 87.6 Å². The van der Waals surface area contributed by atoms with E-state index in [0.717, 1.165) is 5.92 Å². The Hall–Kier alpha value is -0.0800. The summed E-state index contributed by atoms with van der Waals surface area (Å²) in [5.41, 5.74) is 6.57. The van der Waals surface area contributed by atoms with E-state index in [1.807, 2.05) is 0 Å². The van der Waals surface area contributed by atoms with Gasteiger partial charge in [-0.15, -0.1) is 0 Å². The van der Waals surface area contributed by atoms with Gasteiger partial charge in [0.2, 0.25) is 0 Å². The first-order chi connectivity index (χ1) is 6.71. The molecule has 2 atom stereocenters. The van der Waals surface area contributed by atoms with Gasteiger partial charge in [0.15, 0.2) is 0 Å². The van der Waals surface area contributed by atoms with Gasteiger partial charge in [0.1, 0.15) is 0 Å². The van der Waals surface area contributed by atoms with Crippen LogP contribution in [-0.4, -0.2) is 18.1 Å². The first kappa shape index (κ1) is 10.4. The number of nitrogens with one attached hydrogen (secondary N) is 1. The van der Waals surface area contributed by atoms with Crippen molar-refractivity contribution in [2.75, 3.05) is 6.54 Å². The standard InChI is InChI=1S/C12H24N2/c1-12(13,11-8-5-9-14-11)10-6-3-2-4-7-10/h10-11,14H,2-9,13H2,1H3. The van der Waals surface area contributed by atoms with E-state index in [2.05, 4.69) is 12.2 Å². The second-order valence-corrected chi connectivity index (χ2v) is 5.35. The van der Waals surface area contributed by atoms with Gasteiger partial charge in [-0.25, -0.2) is 0 Å². The smallest absolute Gasteiger partial charge is 0.0309 e.